The van der Waals surface area contributed by atoms with E-state index in [2.05, 4.69) is 5.92 Å². The van der Waals surface area contributed by atoms with Gasteiger partial charge in [-0.1, -0.05) is 12.3 Å². The highest BCUT2D eigenvalue weighted by Crippen LogP contribution is 2.67. The summed E-state index contributed by atoms with van der Waals surface area (Å²) in [5.74, 6) is 2.54. The zero-order chi connectivity index (χ0) is 12.7. The van der Waals surface area contributed by atoms with Crippen molar-refractivity contribution < 1.29 is 14.6 Å². The molecule has 0 bridgehead atoms. The lowest BCUT2D eigenvalue weighted by Crippen LogP contribution is -2.50. The minimum absolute atomic E-state index is 0.215. The fourth-order valence-electron chi connectivity index (χ4n) is 3.91. The van der Waals surface area contributed by atoms with Crippen LogP contribution in [0.3, 0.4) is 0 Å². The van der Waals surface area contributed by atoms with Crippen LogP contribution < -0.4 is 0 Å². The molecule has 0 aromatic rings. The molecule has 0 heterocycles. The monoisotopic (exact) mass is 236 g/mol. The normalized spacial score (nSPS) is 44.1. The van der Waals surface area contributed by atoms with E-state index >= 15 is 0 Å². The highest BCUT2D eigenvalue weighted by Gasteiger charge is 2.70. The molecule has 2 aliphatic carbocycles. The Morgan fingerprint density at radius 1 is 1.41 bits per heavy atom. The first-order chi connectivity index (χ1) is 7.96. The smallest absolute Gasteiger partial charge is 0.313 e. The highest BCUT2D eigenvalue weighted by atomic mass is 16.5. The molecule has 2 fully saturated rings. The summed E-state index contributed by atoms with van der Waals surface area (Å²) in [6.07, 6.45) is 9.26. The Kier molecular flexibility index (Phi) is 2.74. The van der Waals surface area contributed by atoms with Crippen molar-refractivity contribution in [2.24, 2.45) is 10.8 Å². The number of hydrogen-bond donors (Lipinski definition) is 1. The second-order valence-corrected chi connectivity index (χ2v) is 5.48. The number of carbonyl (C=O) groups is 1. The number of aliphatic hydroxyl groups is 1. The zero-order valence-corrected chi connectivity index (χ0v) is 10.6. The molecule has 0 aromatic heterocycles. The average Bonchev–Trinajstić information content (AvgIpc) is 2.76. The minimum atomic E-state index is -0.953. The summed E-state index contributed by atoms with van der Waals surface area (Å²) in [5.41, 5.74) is -2.33. The lowest BCUT2D eigenvalue weighted by atomic mass is 9.63. The van der Waals surface area contributed by atoms with Gasteiger partial charge in [-0.15, -0.1) is 6.42 Å². The molecule has 94 valence electrons. The molecule has 17 heavy (non-hydrogen) atoms. The molecule has 0 radical (unpaired) electrons. The first kappa shape index (κ1) is 12.4. The molecule has 1 N–H and O–H groups in total. The number of rotatable bonds is 2. The van der Waals surface area contributed by atoms with Crippen LogP contribution in [0.1, 0.15) is 46.0 Å². The maximum atomic E-state index is 12.3. The number of ether oxygens (including phenoxy) is 1. The van der Waals surface area contributed by atoms with Crippen molar-refractivity contribution >= 4 is 5.97 Å². The van der Waals surface area contributed by atoms with Gasteiger partial charge < -0.3 is 9.84 Å². The highest BCUT2D eigenvalue weighted by molar-refractivity contribution is 5.80. The Bertz CT molecular complexity index is 379. The third-order valence-electron chi connectivity index (χ3n) is 4.84. The van der Waals surface area contributed by atoms with Gasteiger partial charge in [0.05, 0.1) is 23.0 Å². The second kappa shape index (κ2) is 3.74. The predicted molar refractivity (Wildman–Crippen MR) is 64.0 cm³/mol. The summed E-state index contributed by atoms with van der Waals surface area (Å²) in [6.45, 7) is 3.93. The van der Waals surface area contributed by atoms with Gasteiger partial charge in [0.25, 0.3) is 0 Å². The second-order valence-electron chi connectivity index (χ2n) is 5.48. The number of hydrogen-bond acceptors (Lipinski definition) is 3. The van der Waals surface area contributed by atoms with Crippen LogP contribution in [0.4, 0.5) is 0 Å². The Labute approximate surface area is 103 Å². The molecular weight excluding hydrogens is 216 g/mol. The van der Waals surface area contributed by atoms with Crippen molar-refractivity contribution in [2.75, 3.05) is 6.61 Å². The Morgan fingerprint density at radius 2 is 2.12 bits per heavy atom. The van der Waals surface area contributed by atoms with Gasteiger partial charge in [-0.05, 0) is 39.5 Å². The molecule has 2 saturated carbocycles. The summed E-state index contributed by atoms with van der Waals surface area (Å²) in [5, 5.41) is 10.5. The van der Waals surface area contributed by atoms with Crippen LogP contribution in [0.5, 0.6) is 0 Å². The van der Waals surface area contributed by atoms with E-state index in [1.165, 1.54) is 0 Å². The SMILES string of the molecule is C#C[C@]12CCC[C@@]1(C(=O)OCC)CC[C@]2(C)O. The number of carbonyl (C=O) groups excluding carboxylic acids is 1. The molecule has 0 aromatic carbocycles. The van der Waals surface area contributed by atoms with Gasteiger partial charge in [0.2, 0.25) is 0 Å². The van der Waals surface area contributed by atoms with Crippen LogP contribution in [-0.2, 0) is 9.53 Å². The number of terminal acetylenes is 1. The lowest BCUT2D eigenvalue weighted by molar-refractivity contribution is -0.163. The third kappa shape index (κ3) is 1.31. The van der Waals surface area contributed by atoms with E-state index in [4.69, 9.17) is 11.2 Å². The van der Waals surface area contributed by atoms with Crippen molar-refractivity contribution in [3.05, 3.63) is 0 Å². The quantitative estimate of drug-likeness (QED) is 0.588. The molecular formula is C14H20O3. The van der Waals surface area contributed by atoms with E-state index < -0.39 is 16.4 Å². The van der Waals surface area contributed by atoms with E-state index in [9.17, 15) is 9.90 Å². The molecule has 0 spiro atoms. The summed E-state index contributed by atoms with van der Waals surface area (Å²) in [7, 11) is 0. The largest absolute Gasteiger partial charge is 0.466 e. The summed E-state index contributed by atoms with van der Waals surface area (Å²) in [4.78, 5) is 12.3. The molecule has 3 nitrogen and oxygen atoms in total. The van der Waals surface area contributed by atoms with Crippen LogP contribution in [0.25, 0.3) is 0 Å². The molecule has 0 saturated heterocycles. The van der Waals surface area contributed by atoms with Gasteiger partial charge in [-0.3, -0.25) is 4.79 Å². The van der Waals surface area contributed by atoms with Gasteiger partial charge in [0.1, 0.15) is 0 Å². The van der Waals surface area contributed by atoms with Crippen molar-refractivity contribution in [1.82, 2.24) is 0 Å². The molecule has 2 aliphatic rings. The van der Waals surface area contributed by atoms with E-state index in [0.717, 1.165) is 19.3 Å². The van der Waals surface area contributed by atoms with Crippen LogP contribution >= 0.6 is 0 Å². The van der Waals surface area contributed by atoms with Gasteiger partial charge >= 0.3 is 5.97 Å². The Morgan fingerprint density at radius 3 is 2.71 bits per heavy atom. The first-order valence-corrected chi connectivity index (χ1v) is 6.33. The van der Waals surface area contributed by atoms with Crippen molar-refractivity contribution in [1.29, 1.82) is 0 Å². The Hall–Kier alpha value is -1.01. The van der Waals surface area contributed by atoms with E-state index in [-0.39, 0.29) is 5.97 Å². The van der Waals surface area contributed by atoms with Crippen molar-refractivity contribution in [3.63, 3.8) is 0 Å². The molecule has 3 atom stereocenters. The Balaban J connectivity index is 2.47. The van der Waals surface area contributed by atoms with E-state index in [1.54, 1.807) is 13.8 Å². The van der Waals surface area contributed by atoms with Crippen LogP contribution in [0, 0.1) is 23.2 Å². The fraction of sp³-hybridized carbons (Fsp3) is 0.786. The zero-order valence-electron chi connectivity index (χ0n) is 10.6. The van der Waals surface area contributed by atoms with E-state index in [0.29, 0.717) is 19.4 Å². The minimum Gasteiger partial charge on any atom is -0.466 e. The topological polar surface area (TPSA) is 46.5 Å². The van der Waals surface area contributed by atoms with Crippen molar-refractivity contribution in [2.45, 2.75) is 51.6 Å². The van der Waals surface area contributed by atoms with Gasteiger partial charge in [-0.2, -0.15) is 0 Å². The van der Waals surface area contributed by atoms with Gasteiger partial charge in [0, 0.05) is 0 Å². The van der Waals surface area contributed by atoms with Crippen LogP contribution in [0.2, 0.25) is 0 Å². The van der Waals surface area contributed by atoms with Crippen LogP contribution in [-0.4, -0.2) is 23.3 Å². The predicted octanol–water partition coefficient (Wildman–Crippen LogP) is 1.88. The fourth-order valence-corrected chi connectivity index (χ4v) is 3.91. The number of esters is 1. The third-order valence-corrected chi connectivity index (χ3v) is 4.84. The molecule has 0 aliphatic heterocycles. The molecule has 0 unspecified atom stereocenters. The van der Waals surface area contributed by atoms with Crippen molar-refractivity contribution in [3.8, 4) is 12.3 Å². The van der Waals surface area contributed by atoms with Gasteiger partial charge in [-0.25, -0.2) is 0 Å². The standard InChI is InChI=1S/C14H20O3/c1-4-14-8-6-7-13(14,11(15)17-5-2)10-9-12(14,3)16/h1,16H,5-10H2,2-3H3/t12-,13-,14+/m0/s1. The lowest BCUT2D eigenvalue weighted by Gasteiger charge is -2.41. The van der Waals surface area contributed by atoms with E-state index in [1.807, 2.05) is 0 Å². The summed E-state index contributed by atoms with van der Waals surface area (Å²) >= 11 is 0. The summed E-state index contributed by atoms with van der Waals surface area (Å²) in [6, 6.07) is 0. The maximum absolute atomic E-state index is 12.3. The molecule has 3 heteroatoms. The molecule has 0 amide bonds. The van der Waals surface area contributed by atoms with Crippen LogP contribution in [0.15, 0.2) is 0 Å². The van der Waals surface area contributed by atoms with Gasteiger partial charge in [0.15, 0.2) is 0 Å². The number of fused-ring (bicyclic) bond motifs is 1. The maximum Gasteiger partial charge on any atom is 0.313 e. The summed E-state index contributed by atoms with van der Waals surface area (Å²) < 4.78 is 5.21. The molecule has 2 rings (SSSR count). The average molecular weight is 236 g/mol. The first-order valence-electron chi connectivity index (χ1n) is 6.33.